The molecule has 6 nitrogen and oxygen atoms in total. The fourth-order valence-corrected chi connectivity index (χ4v) is 3.06. The van der Waals surface area contributed by atoms with Gasteiger partial charge < -0.3 is 11.1 Å². The zero-order valence-corrected chi connectivity index (χ0v) is 16.8. The van der Waals surface area contributed by atoms with Gasteiger partial charge in [-0.3, -0.25) is 10.4 Å². The third kappa shape index (κ3) is 4.50. The van der Waals surface area contributed by atoms with Crippen molar-refractivity contribution in [2.45, 2.75) is 13.5 Å². The van der Waals surface area contributed by atoms with Gasteiger partial charge in [0, 0.05) is 6.54 Å². The van der Waals surface area contributed by atoms with Crippen LogP contribution in [-0.4, -0.2) is 9.97 Å². The molecule has 0 atom stereocenters. The first kappa shape index (κ1) is 19.3. The Morgan fingerprint density at radius 1 is 0.767 bits per heavy atom. The molecule has 150 valence electrons. The molecule has 3 aromatic carbocycles. The van der Waals surface area contributed by atoms with Crippen LogP contribution in [0.3, 0.4) is 0 Å². The lowest BCUT2D eigenvalue weighted by molar-refractivity contribution is 1.06. The van der Waals surface area contributed by atoms with E-state index in [0.717, 1.165) is 16.9 Å². The lowest BCUT2D eigenvalue weighted by Gasteiger charge is -2.26. The second kappa shape index (κ2) is 8.96. The van der Waals surface area contributed by atoms with Gasteiger partial charge in [-0.25, -0.2) is 9.97 Å². The molecule has 0 saturated carbocycles. The predicted molar refractivity (Wildman–Crippen MR) is 124 cm³/mol. The first-order valence-corrected chi connectivity index (χ1v) is 9.77. The van der Waals surface area contributed by atoms with Gasteiger partial charge in [0.05, 0.1) is 11.4 Å². The first-order chi connectivity index (χ1) is 14.7. The Morgan fingerprint density at radius 2 is 1.33 bits per heavy atom. The maximum absolute atomic E-state index is 6.40. The Morgan fingerprint density at radius 3 is 1.93 bits per heavy atom. The Balaban J connectivity index is 1.58. The average molecular weight is 396 g/mol. The third-order valence-corrected chi connectivity index (χ3v) is 4.71. The van der Waals surface area contributed by atoms with Crippen LogP contribution in [0, 0.1) is 6.92 Å². The number of hydrazine groups is 1. The van der Waals surface area contributed by atoms with Crippen molar-refractivity contribution in [3.8, 4) is 0 Å². The number of anilines is 5. The van der Waals surface area contributed by atoms with E-state index in [1.165, 1.54) is 11.9 Å². The van der Waals surface area contributed by atoms with Gasteiger partial charge >= 0.3 is 0 Å². The minimum atomic E-state index is 0.460. The lowest BCUT2D eigenvalue weighted by Crippen LogP contribution is -2.26. The molecule has 30 heavy (non-hydrogen) atoms. The maximum atomic E-state index is 6.40. The molecule has 0 saturated heterocycles. The predicted octanol–water partition coefficient (Wildman–Crippen LogP) is 5.14. The van der Waals surface area contributed by atoms with Crippen LogP contribution >= 0.6 is 0 Å². The summed E-state index contributed by atoms with van der Waals surface area (Å²) in [5, 5.41) is 5.25. The largest absolute Gasteiger partial charge is 0.393 e. The summed E-state index contributed by atoms with van der Waals surface area (Å²) in [5.41, 5.74) is 14.5. The second-order valence-electron chi connectivity index (χ2n) is 6.94. The summed E-state index contributed by atoms with van der Waals surface area (Å²) in [7, 11) is 0. The number of nitrogens with one attached hydrogen (secondary N) is 2. The average Bonchev–Trinajstić information content (AvgIpc) is 2.80. The molecule has 0 fully saturated rings. The first-order valence-electron chi connectivity index (χ1n) is 9.77. The smallest absolute Gasteiger partial charge is 0.173 e. The Kier molecular flexibility index (Phi) is 5.75. The molecule has 4 rings (SSSR count). The minimum Gasteiger partial charge on any atom is -0.393 e. The summed E-state index contributed by atoms with van der Waals surface area (Å²) < 4.78 is 0. The molecule has 0 bridgehead atoms. The molecule has 0 aliphatic rings. The summed E-state index contributed by atoms with van der Waals surface area (Å²) in [5.74, 6) is 1.12. The van der Waals surface area contributed by atoms with Crippen molar-refractivity contribution in [3.63, 3.8) is 0 Å². The topological polar surface area (TPSA) is 79.1 Å². The van der Waals surface area contributed by atoms with Gasteiger partial charge in [-0.15, -0.1) is 0 Å². The van der Waals surface area contributed by atoms with Gasteiger partial charge in [0.2, 0.25) is 0 Å². The zero-order valence-electron chi connectivity index (χ0n) is 16.8. The summed E-state index contributed by atoms with van der Waals surface area (Å²) in [6.45, 7) is 2.70. The lowest BCUT2D eigenvalue weighted by atomic mass is 10.1. The van der Waals surface area contributed by atoms with E-state index >= 15 is 0 Å². The number of para-hydroxylation sites is 2. The van der Waals surface area contributed by atoms with Crippen LogP contribution in [0.5, 0.6) is 0 Å². The molecule has 0 radical (unpaired) electrons. The number of benzene rings is 3. The number of nitrogens with zero attached hydrogens (tertiary/aromatic N) is 3. The van der Waals surface area contributed by atoms with E-state index < -0.39 is 0 Å². The van der Waals surface area contributed by atoms with Crippen molar-refractivity contribution in [3.05, 3.63) is 102 Å². The van der Waals surface area contributed by atoms with Crippen LogP contribution < -0.4 is 21.5 Å². The zero-order chi connectivity index (χ0) is 20.8. The van der Waals surface area contributed by atoms with E-state index in [9.17, 15) is 0 Å². The van der Waals surface area contributed by atoms with Crippen molar-refractivity contribution in [2.75, 3.05) is 21.5 Å². The van der Waals surface area contributed by atoms with Crippen molar-refractivity contribution >= 4 is 28.7 Å². The molecule has 1 aromatic heterocycles. The van der Waals surface area contributed by atoms with Gasteiger partial charge in [-0.05, 0) is 36.8 Å². The second-order valence-corrected chi connectivity index (χ2v) is 6.94. The molecule has 0 unspecified atom stereocenters. The quantitative estimate of drug-likeness (QED) is 0.375. The Hall–Kier alpha value is -4.06. The number of aromatic nitrogens is 2. The van der Waals surface area contributed by atoms with Crippen LogP contribution in [-0.2, 0) is 6.54 Å². The van der Waals surface area contributed by atoms with E-state index in [1.54, 1.807) is 0 Å². The molecule has 0 spiro atoms. The van der Waals surface area contributed by atoms with Crippen molar-refractivity contribution in [1.29, 1.82) is 0 Å². The van der Waals surface area contributed by atoms with Crippen LogP contribution in [0.1, 0.15) is 11.1 Å². The number of hydrogen-bond donors (Lipinski definition) is 3. The highest BCUT2D eigenvalue weighted by Gasteiger charge is 2.14. The van der Waals surface area contributed by atoms with Crippen LogP contribution in [0.15, 0.2) is 91.3 Å². The Labute approximate surface area is 176 Å². The minimum absolute atomic E-state index is 0.460. The van der Waals surface area contributed by atoms with Crippen LogP contribution in [0.25, 0.3) is 0 Å². The summed E-state index contributed by atoms with van der Waals surface area (Å²) in [6.07, 6.45) is 1.50. The highest BCUT2D eigenvalue weighted by molar-refractivity contribution is 5.77. The van der Waals surface area contributed by atoms with Gasteiger partial charge in [0.25, 0.3) is 0 Å². The highest BCUT2D eigenvalue weighted by atomic mass is 15.5. The number of nitrogen functional groups attached to an aromatic ring is 1. The third-order valence-electron chi connectivity index (χ3n) is 4.71. The van der Waals surface area contributed by atoms with Crippen molar-refractivity contribution in [2.24, 2.45) is 0 Å². The molecule has 0 aliphatic carbocycles. The summed E-state index contributed by atoms with van der Waals surface area (Å²) in [4.78, 5) is 8.69. The molecule has 4 aromatic rings. The number of rotatable bonds is 7. The van der Waals surface area contributed by atoms with E-state index in [-0.39, 0.29) is 0 Å². The molecule has 4 N–H and O–H groups in total. The van der Waals surface area contributed by atoms with Crippen LogP contribution in [0.4, 0.5) is 28.7 Å². The monoisotopic (exact) mass is 396 g/mol. The van der Waals surface area contributed by atoms with E-state index in [4.69, 9.17) is 5.73 Å². The molecule has 0 amide bonds. The van der Waals surface area contributed by atoms with E-state index in [2.05, 4.69) is 51.9 Å². The molecule has 6 heteroatoms. The van der Waals surface area contributed by atoms with Gasteiger partial charge in [0.15, 0.2) is 11.6 Å². The fourth-order valence-electron chi connectivity index (χ4n) is 3.06. The van der Waals surface area contributed by atoms with Crippen molar-refractivity contribution in [1.82, 2.24) is 9.97 Å². The molecule has 1 heterocycles. The Bertz CT molecular complexity index is 1040. The van der Waals surface area contributed by atoms with Gasteiger partial charge in [-0.2, -0.15) is 0 Å². The standard InChI is InChI=1S/C24H24N6/c1-18-12-14-19(15-13-18)16-26-23-22(25)24(28-17-27-23)29-30(20-8-4-2-5-9-20)21-10-6-3-7-11-21/h2-15,17H,16,25H2,1H3,(H2,26,27,28,29). The number of nitrogens with two attached hydrogens (primary N) is 1. The SMILES string of the molecule is Cc1ccc(CNc2ncnc(NN(c3ccccc3)c3ccccc3)c2N)cc1. The highest BCUT2D eigenvalue weighted by Crippen LogP contribution is 2.29. The fraction of sp³-hybridized carbons (Fsp3) is 0.0833. The number of hydrogen-bond acceptors (Lipinski definition) is 6. The number of aryl methyl sites for hydroxylation is 1. The van der Waals surface area contributed by atoms with Crippen molar-refractivity contribution < 1.29 is 0 Å². The summed E-state index contributed by atoms with van der Waals surface area (Å²) in [6, 6.07) is 28.4. The normalized spacial score (nSPS) is 10.4. The maximum Gasteiger partial charge on any atom is 0.173 e. The van der Waals surface area contributed by atoms with Gasteiger partial charge in [-0.1, -0.05) is 66.2 Å². The molecular weight excluding hydrogens is 372 g/mol. The molecule has 0 aliphatic heterocycles. The van der Waals surface area contributed by atoms with Crippen LogP contribution in [0.2, 0.25) is 0 Å². The van der Waals surface area contributed by atoms with E-state index in [0.29, 0.717) is 23.9 Å². The summed E-state index contributed by atoms with van der Waals surface area (Å²) >= 11 is 0. The van der Waals surface area contributed by atoms with E-state index in [1.807, 2.05) is 65.7 Å². The molecular formula is C24H24N6. The van der Waals surface area contributed by atoms with Gasteiger partial charge in [0.1, 0.15) is 12.0 Å².